The monoisotopic (exact) mass is 444 g/mol. The summed E-state index contributed by atoms with van der Waals surface area (Å²) in [6.45, 7) is 4.51. The van der Waals surface area contributed by atoms with E-state index in [1.807, 2.05) is 42.7 Å². The number of ether oxygens (including phenoxy) is 3. The van der Waals surface area contributed by atoms with Gasteiger partial charge in [-0.25, -0.2) is 4.98 Å². The molecule has 1 aromatic carbocycles. The fourth-order valence-electron chi connectivity index (χ4n) is 3.49. The van der Waals surface area contributed by atoms with Crippen LogP contribution in [0, 0.1) is 25.7 Å². The Morgan fingerprint density at radius 2 is 1.94 bits per heavy atom. The molecule has 4 aromatic rings. The molecule has 0 aliphatic heterocycles. The van der Waals surface area contributed by atoms with Gasteiger partial charge in [0, 0.05) is 22.9 Å². The molecule has 0 aliphatic carbocycles. The summed E-state index contributed by atoms with van der Waals surface area (Å²) < 4.78 is 18.3. The summed E-state index contributed by atoms with van der Waals surface area (Å²) in [5.41, 5.74) is 10.6. The highest BCUT2D eigenvalue weighted by molar-refractivity contribution is 5.77. The summed E-state index contributed by atoms with van der Waals surface area (Å²) in [6, 6.07) is 7.49. The van der Waals surface area contributed by atoms with Crippen molar-refractivity contribution < 1.29 is 14.2 Å². The minimum Gasteiger partial charge on any atom is -0.497 e. The van der Waals surface area contributed by atoms with E-state index in [1.165, 1.54) is 0 Å². The molecular formula is C24H24N6O3. The second-order valence-electron chi connectivity index (χ2n) is 7.30. The van der Waals surface area contributed by atoms with Gasteiger partial charge in [0.15, 0.2) is 17.8 Å². The average molecular weight is 444 g/mol. The van der Waals surface area contributed by atoms with Crippen molar-refractivity contribution in [3.63, 3.8) is 0 Å². The smallest absolute Gasteiger partial charge is 0.248 e. The molecule has 0 saturated heterocycles. The molecule has 4 rings (SSSR count). The molecule has 3 aromatic heterocycles. The van der Waals surface area contributed by atoms with Crippen LogP contribution < -0.4 is 19.9 Å². The van der Waals surface area contributed by atoms with Crippen LogP contribution in [0.25, 0.3) is 11.2 Å². The van der Waals surface area contributed by atoms with Gasteiger partial charge in [-0.05, 0) is 32.0 Å². The summed E-state index contributed by atoms with van der Waals surface area (Å²) in [7, 11) is 3.27. The van der Waals surface area contributed by atoms with E-state index in [0.717, 1.165) is 33.9 Å². The highest BCUT2D eigenvalue weighted by Crippen LogP contribution is 2.26. The molecule has 0 radical (unpaired) electrons. The summed E-state index contributed by atoms with van der Waals surface area (Å²) in [5.74, 6) is 7.94. The molecule has 9 nitrogen and oxygen atoms in total. The summed E-state index contributed by atoms with van der Waals surface area (Å²) in [6.07, 6.45) is 3.46. The Morgan fingerprint density at radius 3 is 2.73 bits per heavy atom. The Morgan fingerprint density at radius 1 is 1.09 bits per heavy atom. The SMILES string of the molecule is COc1cccc(C#CCOc2nc(N)nc3c2ncn3Cc2ncc(C)c(OC)c2C)c1. The van der Waals surface area contributed by atoms with Crippen molar-refractivity contribution in [1.29, 1.82) is 0 Å². The van der Waals surface area contributed by atoms with E-state index in [-0.39, 0.29) is 18.4 Å². The van der Waals surface area contributed by atoms with Crippen molar-refractivity contribution in [3.8, 4) is 29.2 Å². The maximum Gasteiger partial charge on any atom is 0.248 e. The summed E-state index contributed by atoms with van der Waals surface area (Å²) >= 11 is 0. The molecule has 3 heterocycles. The predicted octanol–water partition coefficient (Wildman–Crippen LogP) is 2.92. The molecule has 2 N–H and O–H groups in total. The third-order valence-corrected chi connectivity index (χ3v) is 5.10. The normalized spacial score (nSPS) is 10.5. The first-order valence-electron chi connectivity index (χ1n) is 10.2. The van der Waals surface area contributed by atoms with Crippen LogP contribution in [-0.4, -0.2) is 45.3 Å². The Labute approximate surface area is 191 Å². The molecule has 0 saturated carbocycles. The van der Waals surface area contributed by atoms with Gasteiger partial charge >= 0.3 is 0 Å². The van der Waals surface area contributed by atoms with Crippen LogP contribution in [0.2, 0.25) is 0 Å². The Kier molecular flexibility index (Phi) is 6.26. The zero-order chi connectivity index (χ0) is 23.4. The van der Waals surface area contributed by atoms with Crippen LogP contribution in [0.1, 0.15) is 22.4 Å². The zero-order valence-corrected chi connectivity index (χ0v) is 18.9. The lowest BCUT2D eigenvalue weighted by atomic mass is 10.1. The number of nitrogens with zero attached hydrogens (tertiary/aromatic N) is 5. The first kappa shape index (κ1) is 21.9. The molecular weight excluding hydrogens is 420 g/mol. The highest BCUT2D eigenvalue weighted by Gasteiger charge is 2.16. The van der Waals surface area contributed by atoms with Gasteiger partial charge in [0.05, 0.1) is 32.8 Å². The van der Waals surface area contributed by atoms with E-state index in [4.69, 9.17) is 19.9 Å². The van der Waals surface area contributed by atoms with Gasteiger partial charge in [0.1, 0.15) is 11.5 Å². The number of fused-ring (bicyclic) bond motifs is 1. The van der Waals surface area contributed by atoms with Crippen molar-refractivity contribution in [2.75, 3.05) is 26.6 Å². The number of aryl methyl sites for hydroxylation is 1. The van der Waals surface area contributed by atoms with E-state index < -0.39 is 0 Å². The summed E-state index contributed by atoms with van der Waals surface area (Å²) in [4.78, 5) is 17.5. The van der Waals surface area contributed by atoms with Gasteiger partial charge in [-0.1, -0.05) is 17.9 Å². The molecule has 9 heteroatoms. The number of benzene rings is 1. The number of hydrogen-bond acceptors (Lipinski definition) is 8. The number of anilines is 1. The van der Waals surface area contributed by atoms with Gasteiger partial charge in [-0.3, -0.25) is 4.98 Å². The second-order valence-corrected chi connectivity index (χ2v) is 7.30. The van der Waals surface area contributed by atoms with Crippen molar-refractivity contribution in [3.05, 3.63) is 59.2 Å². The van der Waals surface area contributed by atoms with E-state index in [2.05, 4.69) is 31.8 Å². The quantitative estimate of drug-likeness (QED) is 0.452. The minimum atomic E-state index is 0.0890. The molecule has 0 spiro atoms. The first-order chi connectivity index (χ1) is 16.0. The summed E-state index contributed by atoms with van der Waals surface area (Å²) in [5, 5.41) is 0. The number of pyridine rings is 1. The highest BCUT2D eigenvalue weighted by atomic mass is 16.5. The van der Waals surface area contributed by atoms with Crippen LogP contribution in [0.15, 0.2) is 36.8 Å². The molecule has 0 atom stereocenters. The Balaban J connectivity index is 1.57. The molecule has 0 aliphatic rings. The molecule has 0 amide bonds. The Hall–Kier alpha value is -4.32. The molecule has 0 unspecified atom stereocenters. The number of nitrogen functional groups attached to an aromatic ring is 1. The van der Waals surface area contributed by atoms with Crippen molar-refractivity contribution >= 4 is 17.1 Å². The van der Waals surface area contributed by atoms with Gasteiger partial charge in [0.2, 0.25) is 11.8 Å². The fourth-order valence-corrected chi connectivity index (χ4v) is 3.49. The van der Waals surface area contributed by atoms with Crippen molar-refractivity contribution in [2.24, 2.45) is 0 Å². The largest absolute Gasteiger partial charge is 0.497 e. The lowest BCUT2D eigenvalue weighted by Crippen LogP contribution is -2.07. The van der Waals surface area contributed by atoms with Crippen molar-refractivity contribution in [2.45, 2.75) is 20.4 Å². The van der Waals surface area contributed by atoms with Crippen molar-refractivity contribution in [1.82, 2.24) is 24.5 Å². The number of rotatable bonds is 6. The molecule has 33 heavy (non-hydrogen) atoms. The van der Waals surface area contributed by atoms with Crippen LogP contribution in [0.3, 0.4) is 0 Å². The maximum atomic E-state index is 5.94. The lowest BCUT2D eigenvalue weighted by Gasteiger charge is -2.13. The molecule has 0 fully saturated rings. The second kappa shape index (κ2) is 9.44. The van der Waals surface area contributed by atoms with Gasteiger partial charge in [-0.15, -0.1) is 0 Å². The third-order valence-electron chi connectivity index (χ3n) is 5.10. The molecule has 0 bridgehead atoms. The van der Waals surface area contributed by atoms with E-state index >= 15 is 0 Å². The van der Waals surface area contributed by atoms with Crippen LogP contribution in [-0.2, 0) is 6.54 Å². The maximum absolute atomic E-state index is 5.94. The lowest BCUT2D eigenvalue weighted by molar-refractivity contribution is 0.359. The van der Waals surface area contributed by atoms with E-state index in [0.29, 0.717) is 17.7 Å². The number of aromatic nitrogens is 5. The Bertz CT molecular complexity index is 1370. The van der Waals surface area contributed by atoms with E-state index in [1.54, 1.807) is 26.7 Å². The number of imidazole rings is 1. The number of methoxy groups -OCH3 is 2. The zero-order valence-electron chi connectivity index (χ0n) is 18.9. The predicted molar refractivity (Wildman–Crippen MR) is 124 cm³/mol. The topological polar surface area (TPSA) is 110 Å². The standard InChI is InChI=1S/C24H24N6O3/c1-15-12-26-19(16(2)21(15)32-4)13-30-14-27-20-22(30)28-24(25)29-23(20)33-10-6-8-17-7-5-9-18(11-17)31-3/h5,7,9,11-12,14H,10,13H2,1-4H3,(H2,25,28,29). The third kappa shape index (κ3) is 4.65. The van der Waals surface area contributed by atoms with Crippen LogP contribution >= 0.6 is 0 Å². The van der Waals surface area contributed by atoms with Gasteiger partial charge < -0.3 is 24.5 Å². The average Bonchev–Trinajstić information content (AvgIpc) is 3.21. The minimum absolute atomic E-state index is 0.0890. The van der Waals surface area contributed by atoms with Gasteiger partial charge in [0.25, 0.3) is 0 Å². The fraction of sp³-hybridized carbons (Fsp3) is 0.250. The molecule has 168 valence electrons. The number of nitrogens with two attached hydrogens (primary N) is 1. The van der Waals surface area contributed by atoms with Crippen LogP contribution in [0.4, 0.5) is 5.95 Å². The first-order valence-corrected chi connectivity index (χ1v) is 10.2. The van der Waals surface area contributed by atoms with Gasteiger partial charge in [-0.2, -0.15) is 9.97 Å². The van der Waals surface area contributed by atoms with Crippen LogP contribution in [0.5, 0.6) is 17.4 Å². The number of hydrogen-bond donors (Lipinski definition) is 1. The van der Waals surface area contributed by atoms with E-state index in [9.17, 15) is 0 Å².